The Kier molecular flexibility index (Phi) is 4.06. The van der Waals surface area contributed by atoms with E-state index in [1.165, 1.54) is 12.1 Å². The summed E-state index contributed by atoms with van der Waals surface area (Å²) in [4.78, 5) is 17.6. The standard InChI is InChI=1S/C12H10BrN3O2S/c1-2-9-10(13)12(19)15-11(14-9)7-3-5-8(6-4-7)16(17)18/h3-6H,2H2,1H3,(H,14,15,19). The fourth-order valence-corrected chi connectivity index (χ4v) is 2.31. The smallest absolute Gasteiger partial charge is 0.269 e. The number of aromatic amines is 1. The highest BCUT2D eigenvalue weighted by Crippen LogP contribution is 2.23. The summed E-state index contributed by atoms with van der Waals surface area (Å²) in [5.74, 6) is 0.611. The number of aryl methyl sites for hydroxylation is 1. The highest BCUT2D eigenvalue weighted by Gasteiger charge is 2.09. The molecule has 0 aliphatic heterocycles. The Hall–Kier alpha value is -1.60. The van der Waals surface area contributed by atoms with Gasteiger partial charge < -0.3 is 4.98 Å². The van der Waals surface area contributed by atoms with Crippen molar-refractivity contribution < 1.29 is 4.92 Å². The average molecular weight is 340 g/mol. The zero-order valence-electron chi connectivity index (χ0n) is 10.0. The predicted molar refractivity (Wildman–Crippen MR) is 78.6 cm³/mol. The third-order valence-electron chi connectivity index (χ3n) is 2.64. The lowest BCUT2D eigenvalue weighted by Crippen LogP contribution is -1.97. The Bertz CT molecular complexity index is 682. The summed E-state index contributed by atoms with van der Waals surface area (Å²) < 4.78 is 1.26. The normalized spacial score (nSPS) is 10.4. The zero-order chi connectivity index (χ0) is 14.0. The van der Waals surface area contributed by atoms with E-state index in [0.29, 0.717) is 10.5 Å². The summed E-state index contributed by atoms with van der Waals surface area (Å²) in [6.45, 7) is 2.00. The number of nitrogens with zero attached hydrogens (tertiary/aromatic N) is 2. The van der Waals surface area contributed by atoms with E-state index in [4.69, 9.17) is 12.2 Å². The fourth-order valence-electron chi connectivity index (χ4n) is 1.63. The van der Waals surface area contributed by atoms with Crippen LogP contribution in [0.3, 0.4) is 0 Å². The van der Waals surface area contributed by atoms with Crippen molar-refractivity contribution in [1.82, 2.24) is 9.97 Å². The molecule has 1 aromatic carbocycles. The number of nitro groups is 1. The lowest BCUT2D eigenvalue weighted by molar-refractivity contribution is -0.384. The summed E-state index contributed by atoms with van der Waals surface area (Å²) in [5.41, 5.74) is 1.77. The molecule has 1 heterocycles. The minimum Gasteiger partial charge on any atom is -0.342 e. The molecule has 0 aliphatic carbocycles. The van der Waals surface area contributed by atoms with Gasteiger partial charge in [0.15, 0.2) is 0 Å². The molecule has 2 rings (SSSR count). The van der Waals surface area contributed by atoms with Gasteiger partial charge in [-0.05, 0) is 34.5 Å². The molecule has 0 aliphatic rings. The van der Waals surface area contributed by atoms with Crippen LogP contribution in [0.5, 0.6) is 0 Å². The quantitative estimate of drug-likeness (QED) is 0.520. The Morgan fingerprint density at radius 3 is 2.58 bits per heavy atom. The fraction of sp³-hybridized carbons (Fsp3) is 0.167. The van der Waals surface area contributed by atoms with Gasteiger partial charge in [-0.25, -0.2) is 4.98 Å². The maximum absolute atomic E-state index is 10.6. The molecule has 7 heteroatoms. The largest absolute Gasteiger partial charge is 0.342 e. The van der Waals surface area contributed by atoms with E-state index in [1.54, 1.807) is 12.1 Å². The Morgan fingerprint density at radius 1 is 1.42 bits per heavy atom. The monoisotopic (exact) mass is 339 g/mol. The van der Waals surface area contributed by atoms with Crippen LogP contribution in [0.4, 0.5) is 5.69 Å². The van der Waals surface area contributed by atoms with Gasteiger partial charge in [-0.15, -0.1) is 0 Å². The molecule has 0 spiro atoms. The molecule has 0 amide bonds. The molecule has 0 radical (unpaired) electrons. The first kappa shape index (κ1) is 13.8. The second-order valence-electron chi connectivity index (χ2n) is 3.84. The number of hydrogen-bond acceptors (Lipinski definition) is 4. The first-order chi connectivity index (χ1) is 9.02. The van der Waals surface area contributed by atoms with E-state index < -0.39 is 4.92 Å². The Balaban J connectivity index is 2.50. The van der Waals surface area contributed by atoms with Crippen molar-refractivity contribution >= 4 is 33.8 Å². The van der Waals surface area contributed by atoms with Crippen LogP contribution in [-0.4, -0.2) is 14.9 Å². The van der Waals surface area contributed by atoms with E-state index in [9.17, 15) is 10.1 Å². The van der Waals surface area contributed by atoms with Gasteiger partial charge in [0.05, 0.1) is 9.40 Å². The van der Waals surface area contributed by atoms with Crippen LogP contribution in [0.25, 0.3) is 11.4 Å². The molecule has 2 aromatic rings. The Morgan fingerprint density at radius 2 is 2.05 bits per heavy atom. The summed E-state index contributed by atoms with van der Waals surface area (Å²) in [7, 11) is 0. The van der Waals surface area contributed by atoms with E-state index >= 15 is 0 Å². The molecule has 1 N–H and O–H groups in total. The summed E-state index contributed by atoms with van der Waals surface area (Å²) in [6, 6.07) is 6.20. The van der Waals surface area contributed by atoms with Gasteiger partial charge in [-0.1, -0.05) is 19.1 Å². The minimum atomic E-state index is -0.432. The van der Waals surface area contributed by atoms with Gasteiger partial charge in [-0.3, -0.25) is 10.1 Å². The highest BCUT2D eigenvalue weighted by molar-refractivity contribution is 9.10. The molecular weight excluding hydrogens is 330 g/mol. The number of rotatable bonds is 3. The van der Waals surface area contributed by atoms with Gasteiger partial charge in [0.2, 0.25) is 0 Å². The summed E-state index contributed by atoms with van der Waals surface area (Å²) in [6.07, 6.45) is 0.784. The van der Waals surface area contributed by atoms with Crippen molar-refractivity contribution in [2.45, 2.75) is 13.3 Å². The van der Waals surface area contributed by atoms with Gasteiger partial charge in [0, 0.05) is 23.4 Å². The number of halogens is 1. The SMILES string of the molecule is CCc1[nH]c(-c2ccc([N+](=O)[O-])cc2)nc(=S)c1Br. The molecule has 19 heavy (non-hydrogen) atoms. The number of H-pyrrole nitrogens is 1. The average Bonchev–Trinajstić information content (AvgIpc) is 2.41. The van der Waals surface area contributed by atoms with E-state index in [0.717, 1.165) is 22.2 Å². The van der Waals surface area contributed by atoms with Crippen LogP contribution in [0.1, 0.15) is 12.6 Å². The lowest BCUT2D eigenvalue weighted by Gasteiger charge is -2.06. The number of non-ortho nitro benzene ring substituents is 1. The van der Waals surface area contributed by atoms with Crippen LogP contribution in [0.2, 0.25) is 0 Å². The first-order valence-corrected chi connectivity index (χ1v) is 6.76. The van der Waals surface area contributed by atoms with Crippen molar-refractivity contribution in [1.29, 1.82) is 0 Å². The van der Waals surface area contributed by atoms with Crippen LogP contribution in [-0.2, 0) is 6.42 Å². The third kappa shape index (κ3) is 2.87. The molecule has 98 valence electrons. The van der Waals surface area contributed by atoms with Gasteiger partial charge in [-0.2, -0.15) is 0 Å². The second kappa shape index (κ2) is 5.58. The van der Waals surface area contributed by atoms with E-state index in [1.807, 2.05) is 6.92 Å². The van der Waals surface area contributed by atoms with E-state index in [2.05, 4.69) is 25.9 Å². The molecule has 0 bridgehead atoms. The molecule has 0 saturated carbocycles. The van der Waals surface area contributed by atoms with Crippen LogP contribution < -0.4 is 0 Å². The number of nitrogens with one attached hydrogen (secondary N) is 1. The van der Waals surface area contributed by atoms with Gasteiger partial charge in [0.25, 0.3) is 5.69 Å². The topological polar surface area (TPSA) is 71.8 Å². The maximum Gasteiger partial charge on any atom is 0.269 e. The minimum absolute atomic E-state index is 0.0511. The van der Waals surface area contributed by atoms with Crippen molar-refractivity contribution in [2.24, 2.45) is 0 Å². The molecule has 5 nitrogen and oxygen atoms in total. The van der Waals surface area contributed by atoms with E-state index in [-0.39, 0.29) is 5.69 Å². The van der Waals surface area contributed by atoms with Crippen molar-refractivity contribution in [3.05, 3.63) is 49.2 Å². The molecule has 0 saturated heterocycles. The molecular formula is C12H10BrN3O2S. The lowest BCUT2D eigenvalue weighted by atomic mass is 10.2. The number of nitro benzene ring substituents is 1. The van der Waals surface area contributed by atoms with Crippen molar-refractivity contribution in [3.8, 4) is 11.4 Å². The first-order valence-electron chi connectivity index (χ1n) is 5.56. The van der Waals surface area contributed by atoms with Gasteiger partial charge >= 0.3 is 0 Å². The van der Waals surface area contributed by atoms with Crippen LogP contribution in [0.15, 0.2) is 28.7 Å². The number of aromatic nitrogens is 2. The summed E-state index contributed by atoms with van der Waals surface area (Å²) >= 11 is 8.57. The Labute approximate surface area is 123 Å². The maximum atomic E-state index is 10.6. The molecule has 0 unspecified atom stereocenters. The molecule has 0 fully saturated rings. The zero-order valence-corrected chi connectivity index (χ0v) is 12.4. The van der Waals surface area contributed by atoms with Gasteiger partial charge in [0.1, 0.15) is 10.5 Å². The van der Waals surface area contributed by atoms with Crippen molar-refractivity contribution in [2.75, 3.05) is 0 Å². The van der Waals surface area contributed by atoms with Crippen molar-refractivity contribution in [3.63, 3.8) is 0 Å². The highest BCUT2D eigenvalue weighted by atomic mass is 79.9. The summed E-state index contributed by atoms with van der Waals surface area (Å²) in [5, 5.41) is 10.6. The van der Waals surface area contributed by atoms with Crippen LogP contribution in [0, 0.1) is 14.8 Å². The molecule has 1 aromatic heterocycles. The number of benzene rings is 1. The molecule has 0 atom stereocenters. The van der Waals surface area contributed by atoms with Crippen LogP contribution >= 0.6 is 28.1 Å². The number of hydrogen-bond donors (Lipinski definition) is 1. The predicted octanol–water partition coefficient (Wildman–Crippen LogP) is 4.04. The second-order valence-corrected chi connectivity index (χ2v) is 5.02. The third-order valence-corrected chi connectivity index (χ3v) is 4.05.